The number of Topliss-reactive ketones (excluding diaryl/α,β-unsaturated/α-hetero) is 1. The van der Waals surface area contributed by atoms with Gasteiger partial charge in [-0.1, -0.05) is 56.3 Å². The Morgan fingerprint density at radius 3 is 2.22 bits per heavy atom. The van der Waals surface area contributed by atoms with Gasteiger partial charge in [0.1, 0.15) is 11.9 Å². The summed E-state index contributed by atoms with van der Waals surface area (Å²) >= 11 is 0. The first-order chi connectivity index (χ1) is 12.9. The Labute approximate surface area is 160 Å². The lowest BCUT2D eigenvalue weighted by Crippen LogP contribution is -2.88. The normalized spacial score (nSPS) is 13.2. The number of benzene rings is 2. The number of ketones is 1. The van der Waals surface area contributed by atoms with E-state index in [-0.39, 0.29) is 36.0 Å². The minimum absolute atomic E-state index is 0.0428. The molecule has 0 aromatic heterocycles. The molecule has 1 amide bonds. The van der Waals surface area contributed by atoms with Gasteiger partial charge >= 0.3 is 0 Å². The van der Waals surface area contributed by atoms with Crippen molar-refractivity contribution in [3.05, 3.63) is 71.5 Å². The summed E-state index contributed by atoms with van der Waals surface area (Å²) in [5.41, 5.74) is 1.99. The van der Waals surface area contributed by atoms with Crippen LogP contribution in [0.25, 0.3) is 0 Å². The van der Waals surface area contributed by atoms with Crippen LogP contribution in [0.15, 0.2) is 54.6 Å². The number of hydrogen-bond donors (Lipinski definition) is 2. The molecular weight excluding hydrogens is 343 g/mol. The molecule has 3 N–H and O–H groups in total. The molecule has 2 rings (SSSR count). The largest absolute Gasteiger partial charge is 0.341 e. The highest BCUT2D eigenvalue weighted by atomic mass is 19.1. The third-order valence-corrected chi connectivity index (χ3v) is 4.64. The van der Waals surface area contributed by atoms with Crippen LogP contribution in [-0.2, 0) is 16.0 Å². The van der Waals surface area contributed by atoms with Gasteiger partial charge in [-0.2, -0.15) is 0 Å². The van der Waals surface area contributed by atoms with Crippen molar-refractivity contribution in [1.82, 2.24) is 5.32 Å². The first-order valence-corrected chi connectivity index (χ1v) is 9.29. The highest BCUT2D eigenvalue weighted by molar-refractivity contribution is 5.88. The number of rotatable bonds is 9. The van der Waals surface area contributed by atoms with Crippen molar-refractivity contribution in [3.63, 3.8) is 0 Å². The maximum Gasteiger partial charge on any atom is 0.275 e. The maximum absolute atomic E-state index is 13.2. The molecule has 0 aliphatic carbocycles. The van der Waals surface area contributed by atoms with Crippen LogP contribution >= 0.6 is 0 Å². The zero-order chi connectivity index (χ0) is 19.8. The molecule has 0 spiro atoms. The number of nitrogens with one attached hydrogen (secondary N) is 1. The van der Waals surface area contributed by atoms with Gasteiger partial charge in [-0.3, -0.25) is 9.59 Å². The molecule has 2 atom stereocenters. The minimum atomic E-state index is -0.531. The molecule has 0 unspecified atom stereocenters. The molecule has 27 heavy (non-hydrogen) atoms. The van der Waals surface area contributed by atoms with Crippen molar-refractivity contribution in [3.8, 4) is 0 Å². The number of amides is 1. The Hall–Kier alpha value is -2.53. The molecule has 2 aromatic carbocycles. The van der Waals surface area contributed by atoms with Gasteiger partial charge in [-0.05, 0) is 31.0 Å². The van der Waals surface area contributed by atoms with Crippen LogP contribution in [0.3, 0.4) is 0 Å². The maximum atomic E-state index is 13.2. The topological polar surface area (TPSA) is 62.8 Å². The molecule has 0 aliphatic heterocycles. The van der Waals surface area contributed by atoms with E-state index in [9.17, 15) is 14.0 Å². The van der Waals surface area contributed by atoms with E-state index in [1.54, 1.807) is 12.1 Å². The Morgan fingerprint density at radius 1 is 1.04 bits per heavy atom. The molecule has 4 nitrogen and oxygen atoms in total. The quantitative estimate of drug-likeness (QED) is 0.711. The van der Waals surface area contributed by atoms with Crippen molar-refractivity contribution in [2.24, 2.45) is 5.92 Å². The van der Waals surface area contributed by atoms with Gasteiger partial charge in [-0.25, -0.2) is 4.39 Å². The fourth-order valence-electron chi connectivity index (χ4n) is 3.11. The summed E-state index contributed by atoms with van der Waals surface area (Å²) in [6.45, 7) is 5.83. The van der Waals surface area contributed by atoms with Crippen LogP contribution < -0.4 is 10.6 Å². The smallest absolute Gasteiger partial charge is 0.275 e. The van der Waals surface area contributed by atoms with E-state index in [1.807, 2.05) is 35.6 Å². The minimum Gasteiger partial charge on any atom is -0.341 e. The predicted molar refractivity (Wildman–Crippen MR) is 104 cm³/mol. The summed E-state index contributed by atoms with van der Waals surface area (Å²) in [7, 11) is 0. The summed E-state index contributed by atoms with van der Waals surface area (Å²) in [5, 5.41) is 4.78. The fourth-order valence-corrected chi connectivity index (χ4v) is 3.11. The predicted octanol–water partition coefficient (Wildman–Crippen LogP) is 2.40. The van der Waals surface area contributed by atoms with Crippen molar-refractivity contribution < 1.29 is 19.3 Å². The van der Waals surface area contributed by atoms with Gasteiger partial charge in [0.2, 0.25) is 0 Å². The number of nitrogens with two attached hydrogens (primary N) is 1. The number of hydrogen-bond acceptors (Lipinski definition) is 2. The van der Waals surface area contributed by atoms with Gasteiger partial charge in [0.15, 0.2) is 12.3 Å². The number of carbonyl (C=O) groups is 2. The standard InChI is InChI=1S/C22H27FN2O2/c1-15(2)22(18-9-11-19(23)12-10-18)24-14-21(27)25-20(16(3)26)13-17-7-5-4-6-8-17/h4-12,15,20,22,24H,13-14H2,1-3H3,(H,25,27)/p+1/t20-,22-/m1/s1. The molecule has 0 bridgehead atoms. The zero-order valence-electron chi connectivity index (χ0n) is 16.1. The molecule has 0 saturated carbocycles. The van der Waals surface area contributed by atoms with Gasteiger partial charge in [-0.15, -0.1) is 0 Å². The monoisotopic (exact) mass is 371 g/mol. The van der Waals surface area contributed by atoms with Crippen LogP contribution in [0.2, 0.25) is 0 Å². The van der Waals surface area contributed by atoms with E-state index in [2.05, 4.69) is 19.2 Å². The zero-order valence-corrected chi connectivity index (χ0v) is 16.1. The second-order valence-corrected chi connectivity index (χ2v) is 7.18. The lowest BCUT2D eigenvalue weighted by Gasteiger charge is -2.21. The fraction of sp³-hybridized carbons (Fsp3) is 0.364. The van der Waals surface area contributed by atoms with Crippen molar-refractivity contribution in [2.45, 2.75) is 39.3 Å². The molecule has 0 aliphatic rings. The second-order valence-electron chi connectivity index (χ2n) is 7.18. The van der Waals surface area contributed by atoms with Gasteiger partial charge in [0.25, 0.3) is 5.91 Å². The Morgan fingerprint density at radius 2 is 1.67 bits per heavy atom. The van der Waals surface area contributed by atoms with Gasteiger partial charge in [0, 0.05) is 11.5 Å². The lowest BCUT2D eigenvalue weighted by atomic mass is 9.96. The molecule has 0 saturated heterocycles. The SMILES string of the molecule is CC(=O)[C@@H](Cc1ccccc1)NC(=O)C[NH2+][C@@H](c1ccc(F)cc1)C(C)C. The van der Waals surface area contributed by atoms with E-state index < -0.39 is 6.04 Å². The number of halogens is 1. The summed E-state index contributed by atoms with van der Waals surface area (Å²) in [6, 6.07) is 15.5. The summed E-state index contributed by atoms with van der Waals surface area (Å²) < 4.78 is 13.2. The Kier molecular flexibility index (Phi) is 7.67. The average molecular weight is 371 g/mol. The molecule has 0 radical (unpaired) electrons. The third kappa shape index (κ3) is 6.61. The Balaban J connectivity index is 1.95. The van der Waals surface area contributed by atoms with E-state index in [4.69, 9.17) is 0 Å². The molecule has 2 aromatic rings. The van der Waals surface area contributed by atoms with Gasteiger partial charge < -0.3 is 10.6 Å². The molecule has 144 valence electrons. The number of carbonyl (C=O) groups excluding carboxylic acids is 2. The first-order valence-electron chi connectivity index (χ1n) is 9.29. The van der Waals surface area contributed by atoms with Crippen LogP contribution in [-0.4, -0.2) is 24.3 Å². The number of quaternary nitrogens is 1. The van der Waals surface area contributed by atoms with E-state index in [0.717, 1.165) is 11.1 Å². The first kappa shape index (κ1) is 20.8. The molecular formula is C22H28FN2O2+. The van der Waals surface area contributed by atoms with Crippen LogP contribution in [0.5, 0.6) is 0 Å². The van der Waals surface area contributed by atoms with Crippen LogP contribution in [0.4, 0.5) is 4.39 Å². The third-order valence-electron chi connectivity index (χ3n) is 4.64. The average Bonchev–Trinajstić information content (AvgIpc) is 2.63. The van der Waals surface area contributed by atoms with E-state index >= 15 is 0 Å². The lowest BCUT2D eigenvalue weighted by molar-refractivity contribution is -0.692. The van der Waals surface area contributed by atoms with Crippen LogP contribution in [0, 0.1) is 11.7 Å². The molecule has 5 heteroatoms. The van der Waals surface area contributed by atoms with Crippen molar-refractivity contribution in [1.29, 1.82) is 0 Å². The second kappa shape index (κ2) is 9.97. The highest BCUT2D eigenvalue weighted by Crippen LogP contribution is 2.17. The van der Waals surface area contributed by atoms with E-state index in [0.29, 0.717) is 6.42 Å². The molecule has 0 fully saturated rings. The van der Waals surface area contributed by atoms with Gasteiger partial charge in [0.05, 0.1) is 6.04 Å². The van der Waals surface area contributed by atoms with Crippen molar-refractivity contribution in [2.75, 3.05) is 6.54 Å². The summed E-state index contributed by atoms with van der Waals surface area (Å²) in [6.07, 6.45) is 0.480. The molecule has 0 heterocycles. The van der Waals surface area contributed by atoms with E-state index in [1.165, 1.54) is 19.1 Å². The summed E-state index contributed by atoms with van der Waals surface area (Å²) in [4.78, 5) is 24.3. The highest BCUT2D eigenvalue weighted by Gasteiger charge is 2.23. The summed E-state index contributed by atoms with van der Waals surface area (Å²) in [5.74, 6) is -0.245. The van der Waals surface area contributed by atoms with Crippen LogP contribution in [0.1, 0.15) is 37.9 Å². The van der Waals surface area contributed by atoms with Crippen molar-refractivity contribution >= 4 is 11.7 Å². The Bertz CT molecular complexity index is 745.